The fourth-order valence-electron chi connectivity index (χ4n) is 2.92. The van der Waals surface area contributed by atoms with Gasteiger partial charge in [0.25, 0.3) is 0 Å². The highest BCUT2D eigenvalue weighted by Gasteiger charge is 2.12. The molecular weight excluding hydrogens is 342 g/mol. The van der Waals surface area contributed by atoms with E-state index in [9.17, 15) is 0 Å². The van der Waals surface area contributed by atoms with Gasteiger partial charge >= 0.3 is 0 Å². The fourth-order valence-corrected chi connectivity index (χ4v) is 3.71. The number of nitrogens with zero attached hydrogens (tertiary/aromatic N) is 3. The van der Waals surface area contributed by atoms with E-state index in [0.29, 0.717) is 0 Å². The average Bonchev–Trinajstić information content (AvgIpc) is 3.23. The van der Waals surface area contributed by atoms with Crippen molar-refractivity contribution in [3.05, 3.63) is 54.2 Å². The van der Waals surface area contributed by atoms with Crippen LogP contribution in [0.4, 0.5) is 5.82 Å². The molecule has 5 nitrogen and oxygen atoms in total. The zero-order valence-corrected chi connectivity index (χ0v) is 16.1. The number of thioether (sulfide) groups is 1. The molecule has 0 radical (unpaired) electrons. The minimum Gasteiger partial charge on any atom is -0.357 e. The Hall–Kier alpha value is -2.21. The molecule has 0 aliphatic carbocycles. The van der Waals surface area contributed by atoms with E-state index >= 15 is 0 Å². The lowest BCUT2D eigenvalue weighted by Gasteiger charge is -2.16. The standard InChI is InChI=1S/C20H27N5S/c1-21-20(22-11-14-26-18-7-3-2-4-8-18)24-16-17-9-10-19(23-15-17)25-12-5-6-13-25/h2-4,7-10,15H,5-6,11-14,16H2,1H3,(H2,21,22,24). The predicted molar refractivity (Wildman–Crippen MR) is 111 cm³/mol. The lowest BCUT2D eigenvalue weighted by atomic mass is 10.3. The second-order valence-electron chi connectivity index (χ2n) is 6.23. The van der Waals surface area contributed by atoms with E-state index in [2.05, 4.69) is 61.9 Å². The summed E-state index contributed by atoms with van der Waals surface area (Å²) in [7, 11) is 1.80. The smallest absolute Gasteiger partial charge is 0.191 e. The SMILES string of the molecule is CN=C(NCCSc1ccccc1)NCc1ccc(N2CCCC2)nc1. The van der Waals surface area contributed by atoms with Crippen molar-refractivity contribution in [2.24, 2.45) is 4.99 Å². The van der Waals surface area contributed by atoms with Crippen LogP contribution in [0.3, 0.4) is 0 Å². The van der Waals surface area contributed by atoms with Crippen LogP contribution < -0.4 is 15.5 Å². The molecule has 0 unspecified atom stereocenters. The molecule has 6 heteroatoms. The van der Waals surface area contributed by atoms with Gasteiger partial charge in [0.05, 0.1) is 0 Å². The molecule has 0 bridgehead atoms. The van der Waals surface area contributed by atoms with Crippen LogP contribution >= 0.6 is 11.8 Å². The van der Waals surface area contributed by atoms with E-state index in [1.807, 2.05) is 24.0 Å². The molecule has 138 valence electrons. The highest BCUT2D eigenvalue weighted by Crippen LogP contribution is 2.17. The molecule has 1 aliphatic rings. The zero-order chi connectivity index (χ0) is 18.0. The Bertz CT molecular complexity index is 681. The number of aliphatic imine (C=N–C) groups is 1. The van der Waals surface area contributed by atoms with Crippen molar-refractivity contribution in [3.8, 4) is 0 Å². The van der Waals surface area contributed by atoms with E-state index in [1.165, 1.54) is 17.7 Å². The molecule has 0 amide bonds. The van der Waals surface area contributed by atoms with Gasteiger partial charge in [-0.15, -0.1) is 11.8 Å². The van der Waals surface area contributed by atoms with Crippen LogP contribution in [-0.4, -0.2) is 43.4 Å². The quantitative estimate of drug-likeness (QED) is 0.340. The molecule has 1 saturated heterocycles. The number of aromatic nitrogens is 1. The molecule has 1 aromatic carbocycles. The maximum absolute atomic E-state index is 4.60. The summed E-state index contributed by atoms with van der Waals surface area (Å²) in [5, 5.41) is 6.70. The number of benzene rings is 1. The number of hydrogen-bond donors (Lipinski definition) is 2. The van der Waals surface area contributed by atoms with Gasteiger partial charge in [0.2, 0.25) is 0 Å². The van der Waals surface area contributed by atoms with Crippen molar-refractivity contribution in [3.63, 3.8) is 0 Å². The van der Waals surface area contributed by atoms with Crippen molar-refractivity contribution in [1.82, 2.24) is 15.6 Å². The second-order valence-corrected chi connectivity index (χ2v) is 7.40. The fraction of sp³-hybridized carbons (Fsp3) is 0.400. The highest BCUT2D eigenvalue weighted by atomic mass is 32.2. The molecule has 0 atom stereocenters. The number of guanidine groups is 1. The summed E-state index contributed by atoms with van der Waals surface area (Å²) in [6.07, 6.45) is 4.50. The summed E-state index contributed by atoms with van der Waals surface area (Å²) in [5.74, 6) is 2.91. The van der Waals surface area contributed by atoms with Crippen LogP contribution in [0.25, 0.3) is 0 Å². The topological polar surface area (TPSA) is 52.6 Å². The van der Waals surface area contributed by atoms with Gasteiger partial charge in [-0.3, -0.25) is 4.99 Å². The first-order chi connectivity index (χ1) is 12.8. The molecular formula is C20H27N5S. The normalized spacial score (nSPS) is 14.5. The number of rotatable bonds is 7. The molecule has 1 aromatic heterocycles. The Morgan fingerprint density at radius 3 is 2.62 bits per heavy atom. The van der Waals surface area contributed by atoms with Gasteiger partial charge < -0.3 is 15.5 Å². The minimum absolute atomic E-state index is 0.721. The molecule has 2 aromatic rings. The van der Waals surface area contributed by atoms with Gasteiger partial charge in [-0.1, -0.05) is 24.3 Å². The van der Waals surface area contributed by atoms with Crippen molar-refractivity contribution < 1.29 is 0 Å². The molecule has 2 heterocycles. The van der Waals surface area contributed by atoms with Crippen molar-refractivity contribution in [2.45, 2.75) is 24.3 Å². The Labute approximate surface area is 160 Å². The van der Waals surface area contributed by atoms with Gasteiger partial charge in [-0.25, -0.2) is 4.98 Å². The first kappa shape index (κ1) is 18.6. The zero-order valence-electron chi connectivity index (χ0n) is 15.3. The number of nitrogens with one attached hydrogen (secondary N) is 2. The minimum atomic E-state index is 0.721. The maximum Gasteiger partial charge on any atom is 0.191 e. The van der Waals surface area contributed by atoms with Crippen LogP contribution in [0, 0.1) is 0 Å². The van der Waals surface area contributed by atoms with E-state index in [4.69, 9.17) is 0 Å². The lowest BCUT2D eigenvalue weighted by molar-refractivity contribution is 0.827. The summed E-state index contributed by atoms with van der Waals surface area (Å²) in [6.45, 7) is 3.84. The van der Waals surface area contributed by atoms with E-state index in [1.54, 1.807) is 7.05 Å². The summed E-state index contributed by atoms with van der Waals surface area (Å²) >= 11 is 1.84. The molecule has 0 saturated carbocycles. The average molecular weight is 370 g/mol. The first-order valence-corrected chi connectivity index (χ1v) is 10.2. The number of pyridine rings is 1. The third kappa shape index (κ3) is 5.66. The molecule has 1 aliphatic heterocycles. The Kier molecular flexibility index (Phi) is 7.19. The van der Waals surface area contributed by atoms with Crippen LogP contribution in [0.15, 0.2) is 58.5 Å². The summed E-state index contributed by atoms with van der Waals surface area (Å²) < 4.78 is 0. The summed E-state index contributed by atoms with van der Waals surface area (Å²) in [4.78, 5) is 12.5. The van der Waals surface area contributed by atoms with Crippen molar-refractivity contribution in [2.75, 3.05) is 37.3 Å². The van der Waals surface area contributed by atoms with Gasteiger partial charge in [0, 0.05) is 50.1 Å². The molecule has 2 N–H and O–H groups in total. The molecule has 1 fully saturated rings. The summed E-state index contributed by atoms with van der Waals surface area (Å²) in [6, 6.07) is 14.7. The van der Waals surface area contributed by atoms with Gasteiger partial charge in [-0.2, -0.15) is 0 Å². The number of hydrogen-bond acceptors (Lipinski definition) is 4. The van der Waals surface area contributed by atoms with E-state index in [-0.39, 0.29) is 0 Å². The monoisotopic (exact) mass is 369 g/mol. The second kappa shape index (κ2) is 10.1. The first-order valence-electron chi connectivity index (χ1n) is 9.17. The predicted octanol–water partition coefficient (Wildman–Crippen LogP) is 3.14. The van der Waals surface area contributed by atoms with Crippen molar-refractivity contribution >= 4 is 23.5 Å². The van der Waals surface area contributed by atoms with Crippen LogP contribution in [0.1, 0.15) is 18.4 Å². The van der Waals surface area contributed by atoms with Crippen LogP contribution in [0.2, 0.25) is 0 Å². The maximum atomic E-state index is 4.60. The molecule has 0 spiro atoms. The van der Waals surface area contributed by atoms with Crippen molar-refractivity contribution in [1.29, 1.82) is 0 Å². The van der Waals surface area contributed by atoms with Crippen LogP contribution in [0.5, 0.6) is 0 Å². The van der Waals surface area contributed by atoms with Gasteiger partial charge in [0.1, 0.15) is 5.82 Å². The third-order valence-electron chi connectivity index (χ3n) is 4.33. The highest BCUT2D eigenvalue weighted by molar-refractivity contribution is 7.99. The van der Waals surface area contributed by atoms with E-state index in [0.717, 1.165) is 49.3 Å². The third-order valence-corrected chi connectivity index (χ3v) is 5.34. The summed E-state index contributed by atoms with van der Waals surface area (Å²) in [5.41, 5.74) is 1.16. The molecule has 26 heavy (non-hydrogen) atoms. The largest absolute Gasteiger partial charge is 0.357 e. The van der Waals surface area contributed by atoms with Gasteiger partial charge in [0.15, 0.2) is 5.96 Å². The van der Waals surface area contributed by atoms with Crippen LogP contribution in [-0.2, 0) is 6.54 Å². The Balaban J connectivity index is 1.38. The Morgan fingerprint density at radius 1 is 1.12 bits per heavy atom. The lowest BCUT2D eigenvalue weighted by Crippen LogP contribution is -2.38. The molecule has 3 rings (SSSR count). The Morgan fingerprint density at radius 2 is 1.92 bits per heavy atom. The number of anilines is 1. The van der Waals surface area contributed by atoms with Gasteiger partial charge in [-0.05, 0) is 36.6 Å². The van der Waals surface area contributed by atoms with E-state index < -0.39 is 0 Å².